The van der Waals surface area contributed by atoms with E-state index < -0.39 is 0 Å². The Bertz CT molecular complexity index is 572. The topological polar surface area (TPSA) is 105 Å². The Kier molecular flexibility index (Phi) is 4.57. The summed E-state index contributed by atoms with van der Waals surface area (Å²) >= 11 is 0. The van der Waals surface area contributed by atoms with E-state index in [1.54, 1.807) is 10.9 Å². The van der Waals surface area contributed by atoms with Crippen LogP contribution >= 0.6 is 0 Å². The van der Waals surface area contributed by atoms with Crippen molar-refractivity contribution in [2.45, 2.75) is 39.9 Å². The number of hydrogen-bond acceptors (Lipinski definition) is 6. The molecule has 20 heavy (non-hydrogen) atoms. The summed E-state index contributed by atoms with van der Waals surface area (Å²) in [6.45, 7) is 5.43. The van der Waals surface area contributed by atoms with Crippen LogP contribution in [0.5, 0.6) is 0 Å². The van der Waals surface area contributed by atoms with Gasteiger partial charge in [-0.25, -0.2) is 14.3 Å². The second-order valence-corrected chi connectivity index (χ2v) is 5.08. The molecule has 0 radical (unpaired) electrons. The monoisotopic (exact) mass is 277 g/mol. The molecule has 0 aliphatic rings. The van der Waals surface area contributed by atoms with E-state index in [0.717, 1.165) is 6.54 Å². The van der Waals surface area contributed by atoms with Crippen molar-refractivity contribution in [2.75, 3.05) is 0 Å². The first kappa shape index (κ1) is 14.3. The molecule has 8 heteroatoms. The highest BCUT2D eigenvalue weighted by Gasteiger charge is 2.12. The molecule has 2 aromatic rings. The molecule has 0 aliphatic heterocycles. The van der Waals surface area contributed by atoms with Crippen molar-refractivity contribution in [1.29, 1.82) is 0 Å². The zero-order valence-corrected chi connectivity index (χ0v) is 11.7. The third-order valence-corrected chi connectivity index (χ3v) is 2.72. The first-order valence-corrected chi connectivity index (χ1v) is 6.56. The quantitative estimate of drug-likeness (QED) is 0.751. The van der Waals surface area contributed by atoms with Crippen LogP contribution in [0.15, 0.2) is 12.5 Å². The summed E-state index contributed by atoms with van der Waals surface area (Å²) in [6, 6.07) is 0. The number of hydrogen-bond donors (Lipinski definition) is 1. The summed E-state index contributed by atoms with van der Waals surface area (Å²) in [7, 11) is 0. The van der Waals surface area contributed by atoms with Gasteiger partial charge in [-0.2, -0.15) is 5.10 Å². The normalized spacial score (nSPS) is 11.2. The largest absolute Gasteiger partial charge is 0.325 e. The van der Waals surface area contributed by atoms with Gasteiger partial charge in [-0.05, 0) is 5.92 Å². The van der Waals surface area contributed by atoms with Crippen LogP contribution in [-0.2, 0) is 30.8 Å². The van der Waals surface area contributed by atoms with Crippen molar-refractivity contribution in [3.8, 4) is 0 Å². The Morgan fingerprint density at radius 1 is 1.45 bits per heavy atom. The Labute approximate surface area is 117 Å². The molecule has 0 spiro atoms. The van der Waals surface area contributed by atoms with Crippen molar-refractivity contribution >= 4 is 5.78 Å². The number of rotatable bonds is 7. The smallest absolute Gasteiger partial charge is 0.161 e. The lowest BCUT2D eigenvalue weighted by Gasteiger charge is -2.07. The summed E-state index contributed by atoms with van der Waals surface area (Å²) in [6.07, 6.45) is 3.40. The van der Waals surface area contributed by atoms with Crippen LogP contribution in [0.25, 0.3) is 0 Å². The summed E-state index contributed by atoms with van der Waals surface area (Å²) in [5, 5.41) is 11.8. The molecule has 0 unspecified atom stereocenters. The summed E-state index contributed by atoms with van der Waals surface area (Å²) in [5.74, 6) is 1.15. The van der Waals surface area contributed by atoms with E-state index in [0.29, 0.717) is 24.0 Å². The Morgan fingerprint density at radius 3 is 2.90 bits per heavy atom. The van der Waals surface area contributed by atoms with Gasteiger partial charge in [-0.1, -0.05) is 19.1 Å². The van der Waals surface area contributed by atoms with E-state index in [9.17, 15) is 4.79 Å². The van der Waals surface area contributed by atoms with Gasteiger partial charge in [0.1, 0.15) is 18.7 Å². The van der Waals surface area contributed by atoms with Crippen LogP contribution in [0.2, 0.25) is 0 Å². The molecule has 0 aliphatic carbocycles. The van der Waals surface area contributed by atoms with E-state index in [1.807, 2.05) is 0 Å². The maximum absolute atomic E-state index is 12.0. The molecule has 0 atom stereocenters. The number of nitrogens with two attached hydrogens (primary N) is 1. The molecule has 108 valence electrons. The first-order valence-electron chi connectivity index (χ1n) is 6.56. The fraction of sp³-hybridized carbons (Fsp3) is 0.583. The molecular weight excluding hydrogens is 258 g/mol. The Balaban J connectivity index is 1.96. The van der Waals surface area contributed by atoms with E-state index in [-0.39, 0.29) is 18.7 Å². The maximum atomic E-state index is 12.0. The third-order valence-electron chi connectivity index (χ3n) is 2.72. The Hall–Kier alpha value is -2.09. The summed E-state index contributed by atoms with van der Waals surface area (Å²) < 4.78 is 3.27. The van der Waals surface area contributed by atoms with Crippen molar-refractivity contribution in [1.82, 2.24) is 29.8 Å². The number of nitrogens with zero attached hydrogens (tertiary/aromatic N) is 6. The fourth-order valence-corrected chi connectivity index (χ4v) is 1.85. The number of ketones is 1. The highest BCUT2D eigenvalue weighted by atomic mass is 16.1. The lowest BCUT2D eigenvalue weighted by Crippen LogP contribution is -2.18. The van der Waals surface area contributed by atoms with Gasteiger partial charge in [-0.3, -0.25) is 4.79 Å². The third kappa shape index (κ3) is 3.70. The van der Waals surface area contributed by atoms with E-state index in [1.165, 1.54) is 11.0 Å². The minimum Gasteiger partial charge on any atom is -0.325 e. The van der Waals surface area contributed by atoms with Gasteiger partial charge in [0.25, 0.3) is 0 Å². The van der Waals surface area contributed by atoms with E-state index in [4.69, 9.17) is 5.73 Å². The summed E-state index contributed by atoms with van der Waals surface area (Å²) in [5.41, 5.74) is 6.11. The molecule has 0 bridgehead atoms. The molecule has 0 amide bonds. The average molecular weight is 277 g/mol. The van der Waals surface area contributed by atoms with Gasteiger partial charge in [0.05, 0.1) is 18.3 Å². The molecule has 0 fully saturated rings. The van der Waals surface area contributed by atoms with Gasteiger partial charge in [0.15, 0.2) is 5.78 Å². The minimum absolute atomic E-state index is 0.0106. The minimum atomic E-state index is 0.0106. The van der Waals surface area contributed by atoms with Gasteiger partial charge in [-0.15, -0.1) is 5.10 Å². The van der Waals surface area contributed by atoms with Gasteiger partial charge in [0, 0.05) is 13.1 Å². The van der Waals surface area contributed by atoms with Crippen LogP contribution < -0.4 is 5.73 Å². The van der Waals surface area contributed by atoms with Crippen molar-refractivity contribution < 1.29 is 4.79 Å². The molecule has 2 rings (SSSR count). The second kappa shape index (κ2) is 6.38. The average Bonchev–Trinajstić information content (AvgIpc) is 2.99. The number of Topliss-reactive ketones (excluding diaryl/α,β-unsaturated/α-hetero) is 1. The maximum Gasteiger partial charge on any atom is 0.161 e. The fourth-order valence-electron chi connectivity index (χ4n) is 1.85. The standard InChI is InChI=1S/C12H19N7O/c1-9(2)5-19-12(14-8-15-19)3-11(20)7-18-6-10(4-13)16-17-18/h6,8-9H,3-5,7,13H2,1-2H3. The Morgan fingerprint density at radius 2 is 2.25 bits per heavy atom. The van der Waals surface area contributed by atoms with Gasteiger partial charge in [0.2, 0.25) is 0 Å². The molecule has 2 aromatic heterocycles. The molecule has 0 aromatic carbocycles. The molecule has 2 heterocycles. The molecule has 8 nitrogen and oxygen atoms in total. The van der Waals surface area contributed by atoms with Crippen molar-refractivity contribution in [3.05, 3.63) is 24.0 Å². The second-order valence-electron chi connectivity index (χ2n) is 5.08. The predicted octanol–water partition coefficient (Wildman–Crippen LogP) is -0.204. The number of carbonyl (C=O) groups excluding carboxylic acids is 1. The highest BCUT2D eigenvalue weighted by molar-refractivity contribution is 5.79. The highest BCUT2D eigenvalue weighted by Crippen LogP contribution is 2.03. The van der Waals surface area contributed by atoms with E-state index in [2.05, 4.69) is 34.2 Å². The van der Waals surface area contributed by atoms with Crippen LogP contribution in [0.4, 0.5) is 0 Å². The van der Waals surface area contributed by atoms with Gasteiger partial charge >= 0.3 is 0 Å². The SMILES string of the molecule is CC(C)Cn1ncnc1CC(=O)Cn1cc(CN)nn1. The zero-order valence-electron chi connectivity index (χ0n) is 11.7. The number of carbonyl (C=O) groups is 1. The van der Waals surface area contributed by atoms with Crippen molar-refractivity contribution in [2.24, 2.45) is 11.7 Å². The van der Waals surface area contributed by atoms with Crippen molar-refractivity contribution in [3.63, 3.8) is 0 Å². The lowest BCUT2D eigenvalue weighted by atomic mass is 10.2. The lowest BCUT2D eigenvalue weighted by molar-refractivity contribution is -0.119. The van der Waals surface area contributed by atoms with Crippen LogP contribution in [0.3, 0.4) is 0 Å². The molecule has 0 saturated carbocycles. The van der Waals surface area contributed by atoms with Crippen LogP contribution in [0, 0.1) is 5.92 Å². The first-order chi connectivity index (χ1) is 9.58. The van der Waals surface area contributed by atoms with Crippen LogP contribution in [0.1, 0.15) is 25.4 Å². The van der Waals surface area contributed by atoms with Crippen LogP contribution in [-0.4, -0.2) is 35.5 Å². The molecular formula is C12H19N7O. The molecule has 2 N–H and O–H groups in total. The van der Waals surface area contributed by atoms with E-state index >= 15 is 0 Å². The summed E-state index contributed by atoms with van der Waals surface area (Å²) in [4.78, 5) is 16.2. The molecule has 0 saturated heterocycles. The zero-order chi connectivity index (χ0) is 14.5. The van der Waals surface area contributed by atoms with Gasteiger partial charge < -0.3 is 5.73 Å². The number of aromatic nitrogens is 6. The predicted molar refractivity (Wildman–Crippen MR) is 71.5 cm³/mol.